The summed E-state index contributed by atoms with van der Waals surface area (Å²) in [6.07, 6.45) is 5.20. The number of carboxylic acid groups (broad SMARTS) is 1. The first-order valence-corrected chi connectivity index (χ1v) is 11.7. The number of hydrogen-bond acceptors (Lipinski definition) is 5. The summed E-state index contributed by atoms with van der Waals surface area (Å²) < 4.78 is 31.0. The Bertz CT molecular complexity index is 1030. The number of piperidine rings is 1. The Balaban J connectivity index is 1.77. The third-order valence-electron chi connectivity index (χ3n) is 5.34. The van der Waals surface area contributed by atoms with Crippen molar-refractivity contribution in [1.82, 2.24) is 4.90 Å². The average Bonchev–Trinajstić information content (AvgIpc) is 2.74. The van der Waals surface area contributed by atoms with Crippen LogP contribution >= 0.6 is 15.9 Å². The van der Waals surface area contributed by atoms with E-state index in [4.69, 9.17) is 11.2 Å². The summed E-state index contributed by atoms with van der Waals surface area (Å²) in [5, 5.41) is 9.91. The Morgan fingerprint density at radius 3 is 2.27 bits per heavy atom. The SMILES string of the molecule is C#CCOc1ccc(S(=O)(=O)C2(C(=O)O)CCN(Cc3ccc(Br)cc3)CC2)cc1. The van der Waals surface area contributed by atoms with Crippen LogP contribution in [0.25, 0.3) is 0 Å². The highest BCUT2D eigenvalue weighted by Gasteiger charge is 2.53. The van der Waals surface area contributed by atoms with Crippen LogP contribution in [0.5, 0.6) is 5.75 Å². The van der Waals surface area contributed by atoms with Crippen molar-refractivity contribution in [2.24, 2.45) is 0 Å². The summed E-state index contributed by atoms with van der Waals surface area (Å²) in [6.45, 7) is 1.47. The van der Waals surface area contributed by atoms with Crippen LogP contribution in [0.3, 0.4) is 0 Å². The van der Waals surface area contributed by atoms with Gasteiger partial charge in [0.25, 0.3) is 0 Å². The number of sulfone groups is 1. The Hall–Kier alpha value is -2.34. The molecule has 1 heterocycles. The molecule has 1 aliphatic rings. The minimum Gasteiger partial charge on any atom is -0.481 e. The van der Waals surface area contributed by atoms with E-state index >= 15 is 0 Å². The maximum absolute atomic E-state index is 13.3. The molecular weight excluding hydrogens is 470 g/mol. The number of aliphatic carboxylic acids is 1. The first kappa shape index (κ1) is 22.3. The highest BCUT2D eigenvalue weighted by Crippen LogP contribution is 2.37. The fraction of sp³-hybridized carbons (Fsp3) is 0.318. The maximum Gasteiger partial charge on any atom is 0.325 e. The van der Waals surface area contributed by atoms with Gasteiger partial charge in [-0.1, -0.05) is 34.0 Å². The molecule has 1 saturated heterocycles. The van der Waals surface area contributed by atoms with Crippen LogP contribution in [-0.2, 0) is 21.2 Å². The van der Waals surface area contributed by atoms with Crippen LogP contribution in [0, 0.1) is 12.3 Å². The first-order valence-electron chi connectivity index (χ1n) is 9.40. The van der Waals surface area contributed by atoms with Gasteiger partial charge in [0.2, 0.25) is 0 Å². The van der Waals surface area contributed by atoms with E-state index in [0.29, 0.717) is 25.4 Å². The zero-order chi connectivity index (χ0) is 21.8. The third-order valence-corrected chi connectivity index (χ3v) is 8.38. The number of likely N-dealkylation sites (tertiary alicyclic amines) is 1. The molecule has 1 fully saturated rings. The van der Waals surface area contributed by atoms with Crippen LogP contribution in [0.1, 0.15) is 18.4 Å². The summed E-state index contributed by atoms with van der Waals surface area (Å²) in [4.78, 5) is 14.2. The lowest BCUT2D eigenvalue weighted by Gasteiger charge is -2.38. The van der Waals surface area contributed by atoms with E-state index in [0.717, 1.165) is 10.0 Å². The lowest BCUT2D eigenvalue weighted by Crippen LogP contribution is -2.54. The Labute approximate surface area is 184 Å². The van der Waals surface area contributed by atoms with Crippen molar-refractivity contribution in [3.05, 3.63) is 58.6 Å². The fourth-order valence-corrected chi connectivity index (χ4v) is 5.74. The average molecular weight is 492 g/mol. The summed E-state index contributed by atoms with van der Waals surface area (Å²) in [5.74, 6) is 1.46. The quantitative estimate of drug-likeness (QED) is 0.597. The molecule has 1 aliphatic heterocycles. The van der Waals surface area contributed by atoms with Gasteiger partial charge in [-0.3, -0.25) is 9.69 Å². The van der Waals surface area contributed by atoms with Gasteiger partial charge >= 0.3 is 5.97 Å². The Morgan fingerprint density at radius 2 is 1.73 bits per heavy atom. The van der Waals surface area contributed by atoms with Crippen LogP contribution in [0.2, 0.25) is 0 Å². The second-order valence-electron chi connectivity index (χ2n) is 7.17. The number of hydrogen-bond donors (Lipinski definition) is 1. The maximum atomic E-state index is 13.3. The highest BCUT2D eigenvalue weighted by molar-refractivity contribution is 9.10. The molecule has 0 radical (unpaired) electrons. The molecule has 0 aliphatic carbocycles. The van der Waals surface area contributed by atoms with Gasteiger partial charge in [0.05, 0.1) is 4.90 Å². The van der Waals surface area contributed by atoms with Crippen molar-refractivity contribution in [2.75, 3.05) is 19.7 Å². The van der Waals surface area contributed by atoms with Gasteiger partial charge in [-0.15, -0.1) is 6.42 Å². The molecule has 0 atom stereocenters. The summed E-state index contributed by atoms with van der Waals surface area (Å²) >= 11 is 3.40. The van der Waals surface area contributed by atoms with E-state index in [1.807, 2.05) is 24.3 Å². The van der Waals surface area contributed by atoms with Crippen LogP contribution in [0.15, 0.2) is 57.9 Å². The first-order chi connectivity index (χ1) is 14.3. The number of carbonyl (C=O) groups is 1. The second-order valence-corrected chi connectivity index (χ2v) is 10.3. The molecule has 6 nitrogen and oxygen atoms in total. The molecule has 0 bridgehead atoms. The van der Waals surface area contributed by atoms with Gasteiger partial charge < -0.3 is 9.84 Å². The number of ether oxygens (including phenoxy) is 1. The molecule has 2 aromatic rings. The summed E-state index contributed by atoms with van der Waals surface area (Å²) in [7, 11) is -4.09. The van der Waals surface area contributed by atoms with Crippen molar-refractivity contribution >= 4 is 31.7 Å². The minimum atomic E-state index is -4.09. The standard InChI is InChI=1S/C22H22BrNO5S/c1-2-15-29-19-7-9-20(10-8-19)30(27,28)22(21(25)26)11-13-24(14-12-22)16-17-3-5-18(23)6-4-17/h1,3-10H,11-16H2,(H,25,26). The highest BCUT2D eigenvalue weighted by atomic mass is 79.9. The van der Waals surface area contributed by atoms with Gasteiger partial charge in [0, 0.05) is 24.1 Å². The van der Waals surface area contributed by atoms with Crippen molar-refractivity contribution in [3.8, 4) is 18.1 Å². The largest absolute Gasteiger partial charge is 0.481 e. The van der Waals surface area contributed by atoms with Crippen molar-refractivity contribution < 1.29 is 23.1 Å². The minimum absolute atomic E-state index is 0.0243. The van der Waals surface area contributed by atoms with Gasteiger partial charge in [0.1, 0.15) is 12.4 Å². The molecule has 3 rings (SSSR count). The molecule has 0 unspecified atom stereocenters. The molecule has 30 heavy (non-hydrogen) atoms. The molecule has 0 amide bonds. The van der Waals surface area contributed by atoms with Crippen LogP contribution in [0.4, 0.5) is 0 Å². The van der Waals surface area contributed by atoms with E-state index in [9.17, 15) is 18.3 Å². The molecule has 0 saturated carbocycles. The zero-order valence-electron chi connectivity index (χ0n) is 16.3. The Kier molecular flexibility index (Phi) is 6.86. The molecular formula is C22H22BrNO5S. The molecule has 2 aromatic carbocycles. The van der Waals surface area contributed by atoms with Crippen molar-refractivity contribution in [2.45, 2.75) is 29.0 Å². The molecule has 8 heteroatoms. The molecule has 1 N–H and O–H groups in total. The van der Waals surface area contributed by atoms with Crippen molar-refractivity contribution in [3.63, 3.8) is 0 Å². The summed E-state index contributed by atoms with van der Waals surface area (Å²) in [5.41, 5.74) is 1.09. The van der Waals surface area contributed by atoms with E-state index in [-0.39, 0.29) is 24.3 Å². The third kappa shape index (κ3) is 4.53. The normalized spacial score (nSPS) is 16.5. The van der Waals surface area contributed by atoms with E-state index in [1.54, 1.807) is 0 Å². The van der Waals surface area contributed by atoms with Gasteiger partial charge in [0.15, 0.2) is 14.6 Å². The zero-order valence-corrected chi connectivity index (χ0v) is 18.7. The lowest BCUT2D eigenvalue weighted by molar-refractivity contribution is -0.141. The number of benzene rings is 2. The second kappa shape index (κ2) is 9.21. The number of rotatable bonds is 7. The Morgan fingerprint density at radius 1 is 1.13 bits per heavy atom. The molecule has 158 valence electrons. The van der Waals surface area contributed by atoms with E-state index in [2.05, 4.69) is 26.8 Å². The van der Waals surface area contributed by atoms with E-state index in [1.165, 1.54) is 24.3 Å². The number of terminal acetylenes is 1. The van der Waals surface area contributed by atoms with E-state index < -0.39 is 20.6 Å². The number of nitrogens with zero attached hydrogens (tertiary/aromatic N) is 1. The van der Waals surface area contributed by atoms with Gasteiger partial charge in [-0.25, -0.2) is 8.42 Å². The predicted molar refractivity (Wildman–Crippen MR) is 117 cm³/mol. The summed E-state index contributed by atoms with van der Waals surface area (Å²) in [6, 6.07) is 13.6. The monoisotopic (exact) mass is 491 g/mol. The number of halogens is 1. The van der Waals surface area contributed by atoms with Crippen LogP contribution in [-0.4, -0.2) is 48.8 Å². The molecule has 0 aromatic heterocycles. The smallest absolute Gasteiger partial charge is 0.325 e. The van der Waals surface area contributed by atoms with Crippen LogP contribution < -0.4 is 4.74 Å². The molecule has 0 spiro atoms. The fourth-order valence-electron chi connectivity index (χ4n) is 3.58. The predicted octanol–water partition coefficient (Wildman–Crippen LogP) is 3.35. The topological polar surface area (TPSA) is 83.9 Å². The number of carboxylic acids is 1. The van der Waals surface area contributed by atoms with Gasteiger partial charge in [-0.2, -0.15) is 0 Å². The van der Waals surface area contributed by atoms with Gasteiger partial charge in [-0.05, 0) is 54.8 Å². The van der Waals surface area contributed by atoms with Crippen molar-refractivity contribution in [1.29, 1.82) is 0 Å². The lowest BCUT2D eigenvalue weighted by atomic mass is 9.95.